The fourth-order valence-electron chi connectivity index (χ4n) is 1.39. The third kappa shape index (κ3) is 2.96. The van der Waals surface area contributed by atoms with Gasteiger partial charge in [0.25, 0.3) is 0 Å². The van der Waals surface area contributed by atoms with E-state index in [1.807, 2.05) is 24.3 Å². The summed E-state index contributed by atoms with van der Waals surface area (Å²) >= 11 is 5.75. The van der Waals surface area contributed by atoms with E-state index < -0.39 is 0 Å². The van der Waals surface area contributed by atoms with Gasteiger partial charge in [0.2, 0.25) is 0 Å². The van der Waals surface area contributed by atoms with E-state index in [2.05, 4.69) is 12.6 Å². The number of thiol groups is 1. The molecule has 0 aliphatic carbocycles. The third-order valence-electron chi connectivity index (χ3n) is 2.21. The predicted molar refractivity (Wildman–Crippen MR) is 70.8 cm³/mol. The second kappa shape index (κ2) is 5.47. The number of ether oxygens (including phenoxy) is 1. The summed E-state index contributed by atoms with van der Waals surface area (Å²) in [5.41, 5.74) is 0. The monoisotopic (exact) mass is 266 g/mol. The van der Waals surface area contributed by atoms with E-state index in [0.29, 0.717) is 0 Å². The maximum Gasteiger partial charge on any atom is 0.132 e. The lowest BCUT2D eigenvalue weighted by Crippen LogP contribution is -1.86. The largest absolute Gasteiger partial charge is 0.496 e. The van der Waals surface area contributed by atoms with Gasteiger partial charge in [0.05, 0.1) is 12.0 Å². The van der Waals surface area contributed by atoms with E-state index in [0.717, 1.165) is 20.4 Å². The van der Waals surface area contributed by atoms with Crippen LogP contribution in [-0.2, 0) is 0 Å². The van der Waals surface area contributed by atoms with Crippen molar-refractivity contribution in [3.8, 4) is 5.75 Å². The van der Waals surface area contributed by atoms with Crippen LogP contribution in [0.4, 0.5) is 4.39 Å². The average Bonchev–Trinajstić information content (AvgIpc) is 2.34. The number of rotatable bonds is 3. The van der Waals surface area contributed by atoms with Gasteiger partial charge in [-0.1, -0.05) is 23.9 Å². The second-order valence-electron chi connectivity index (χ2n) is 3.36. The molecule has 17 heavy (non-hydrogen) atoms. The van der Waals surface area contributed by atoms with Crippen LogP contribution in [-0.4, -0.2) is 7.11 Å². The summed E-state index contributed by atoms with van der Waals surface area (Å²) in [5, 5.41) is 0. The summed E-state index contributed by atoms with van der Waals surface area (Å²) in [6.07, 6.45) is 0. The fourth-order valence-corrected chi connectivity index (χ4v) is 2.65. The maximum atomic E-state index is 13.2. The molecule has 0 aliphatic heterocycles. The summed E-state index contributed by atoms with van der Waals surface area (Å²) in [6, 6.07) is 12.1. The summed E-state index contributed by atoms with van der Waals surface area (Å²) in [6.45, 7) is 0. The molecule has 1 nitrogen and oxygen atoms in total. The Morgan fingerprint density at radius 2 is 1.88 bits per heavy atom. The van der Waals surface area contributed by atoms with E-state index in [9.17, 15) is 4.39 Å². The van der Waals surface area contributed by atoms with Crippen molar-refractivity contribution in [2.75, 3.05) is 7.11 Å². The molecule has 0 heterocycles. The molecule has 0 atom stereocenters. The number of para-hydroxylation sites is 1. The number of methoxy groups -OCH3 is 1. The summed E-state index contributed by atoms with van der Waals surface area (Å²) < 4.78 is 18.4. The first-order valence-corrected chi connectivity index (χ1v) is 6.26. The van der Waals surface area contributed by atoms with Gasteiger partial charge in [-0.3, -0.25) is 0 Å². The number of hydrogen-bond donors (Lipinski definition) is 1. The van der Waals surface area contributed by atoms with Crippen LogP contribution in [0.5, 0.6) is 5.75 Å². The molecule has 88 valence electrons. The zero-order chi connectivity index (χ0) is 12.3. The Morgan fingerprint density at radius 1 is 1.12 bits per heavy atom. The van der Waals surface area contributed by atoms with Crippen LogP contribution in [0.15, 0.2) is 57.2 Å². The molecular weight excluding hydrogens is 255 g/mol. The van der Waals surface area contributed by atoms with Crippen LogP contribution >= 0.6 is 24.4 Å². The number of hydrogen-bond acceptors (Lipinski definition) is 3. The van der Waals surface area contributed by atoms with Gasteiger partial charge >= 0.3 is 0 Å². The quantitative estimate of drug-likeness (QED) is 0.831. The van der Waals surface area contributed by atoms with E-state index in [4.69, 9.17) is 4.74 Å². The average molecular weight is 266 g/mol. The first kappa shape index (κ1) is 12.3. The maximum absolute atomic E-state index is 13.2. The molecule has 4 heteroatoms. The van der Waals surface area contributed by atoms with Gasteiger partial charge in [0.1, 0.15) is 11.6 Å². The molecule has 0 bridgehead atoms. The highest BCUT2D eigenvalue weighted by Gasteiger charge is 2.07. The first-order valence-electron chi connectivity index (χ1n) is 5.00. The Morgan fingerprint density at radius 3 is 2.65 bits per heavy atom. The summed E-state index contributed by atoms with van der Waals surface area (Å²) in [4.78, 5) is 2.47. The zero-order valence-electron chi connectivity index (χ0n) is 9.18. The molecule has 0 N–H and O–H groups in total. The molecule has 0 unspecified atom stereocenters. The number of halogens is 1. The zero-order valence-corrected chi connectivity index (χ0v) is 10.9. The Kier molecular flexibility index (Phi) is 3.97. The highest BCUT2D eigenvalue weighted by molar-refractivity contribution is 8.00. The molecule has 2 aromatic rings. The van der Waals surface area contributed by atoms with Crippen LogP contribution < -0.4 is 4.74 Å². The minimum Gasteiger partial charge on any atom is -0.496 e. The molecule has 0 aliphatic rings. The highest BCUT2D eigenvalue weighted by atomic mass is 32.2. The van der Waals surface area contributed by atoms with Crippen LogP contribution in [0, 0.1) is 5.82 Å². The first-order chi connectivity index (χ1) is 8.20. The van der Waals surface area contributed by atoms with E-state index in [1.54, 1.807) is 13.2 Å². The smallest absolute Gasteiger partial charge is 0.132 e. The molecule has 0 fully saturated rings. The van der Waals surface area contributed by atoms with Crippen LogP contribution in [0.2, 0.25) is 0 Å². The van der Waals surface area contributed by atoms with E-state index in [-0.39, 0.29) is 5.82 Å². The van der Waals surface area contributed by atoms with Gasteiger partial charge in [-0.25, -0.2) is 4.39 Å². The van der Waals surface area contributed by atoms with Crippen LogP contribution in [0.3, 0.4) is 0 Å². The van der Waals surface area contributed by atoms with Crippen molar-refractivity contribution in [1.29, 1.82) is 0 Å². The Bertz CT molecular complexity index is 529. The Labute approximate surface area is 109 Å². The fraction of sp³-hybridized carbons (Fsp3) is 0.0769. The molecule has 2 aromatic carbocycles. The molecule has 0 saturated carbocycles. The molecule has 0 amide bonds. The van der Waals surface area contributed by atoms with Crippen molar-refractivity contribution in [2.24, 2.45) is 0 Å². The van der Waals surface area contributed by atoms with Crippen LogP contribution in [0.1, 0.15) is 0 Å². The van der Waals surface area contributed by atoms with Crippen molar-refractivity contribution in [3.05, 3.63) is 48.3 Å². The van der Waals surface area contributed by atoms with Crippen molar-refractivity contribution in [1.82, 2.24) is 0 Å². The lowest BCUT2D eigenvalue weighted by molar-refractivity contribution is 0.405. The standard InChI is InChI=1S/C13H11FOS2/c1-15-10-4-2-3-5-12(10)17-13-8-9(14)6-7-11(13)16/h2-8,16H,1H3. The highest BCUT2D eigenvalue weighted by Crippen LogP contribution is 2.37. The predicted octanol–water partition coefficient (Wildman–Crippen LogP) is 4.27. The van der Waals surface area contributed by atoms with E-state index >= 15 is 0 Å². The van der Waals surface area contributed by atoms with Gasteiger partial charge in [-0.05, 0) is 30.3 Å². The molecular formula is C13H11FOS2. The van der Waals surface area contributed by atoms with Crippen molar-refractivity contribution in [2.45, 2.75) is 14.7 Å². The lowest BCUT2D eigenvalue weighted by Gasteiger charge is -2.09. The van der Waals surface area contributed by atoms with Crippen molar-refractivity contribution in [3.63, 3.8) is 0 Å². The summed E-state index contributed by atoms with van der Waals surface area (Å²) in [5.74, 6) is 0.509. The minimum absolute atomic E-state index is 0.264. The second-order valence-corrected chi connectivity index (χ2v) is 4.93. The van der Waals surface area contributed by atoms with Gasteiger partial charge in [0.15, 0.2) is 0 Å². The molecule has 0 spiro atoms. The van der Waals surface area contributed by atoms with Gasteiger partial charge in [0, 0.05) is 9.79 Å². The normalized spacial score (nSPS) is 10.3. The van der Waals surface area contributed by atoms with Gasteiger partial charge < -0.3 is 4.74 Å². The van der Waals surface area contributed by atoms with E-state index in [1.165, 1.54) is 23.9 Å². The SMILES string of the molecule is COc1ccccc1Sc1cc(F)ccc1S. The molecule has 0 saturated heterocycles. The van der Waals surface area contributed by atoms with Gasteiger partial charge in [-0.2, -0.15) is 0 Å². The Hall–Kier alpha value is -1.13. The number of benzene rings is 2. The topological polar surface area (TPSA) is 9.23 Å². The molecule has 0 aromatic heterocycles. The van der Waals surface area contributed by atoms with Crippen molar-refractivity contribution < 1.29 is 9.13 Å². The summed E-state index contributed by atoms with van der Waals surface area (Å²) in [7, 11) is 1.62. The lowest BCUT2D eigenvalue weighted by atomic mass is 10.3. The molecule has 0 radical (unpaired) electrons. The molecule has 2 rings (SSSR count). The minimum atomic E-state index is -0.264. The third-order valence-corrected chi connectivity index (χ3v) is 3.87. The van der Waals surface area contributed by atoms with Gasteiger partial charge in [-0.15, -0.1) is 12.6 Å². The van der Waals surface area contributed by atoms with Crippen LogP contribution in [0.25, 0.3) is 0 Å². The Balaban J connectivity index is 2.34. The van der Waals surface area contributed by atoms with Crippen molar-refractivity contribution >= 4 is 24.4 Å².